The maximum atomic E-state index is 9.15. The molecule has 0 spiro atoms. The maximum Gasteiger partial charge on any atom is 0.160 e. The van der Waals surface area contributed by atoms with Crippen LogP contribution in [0, 0.1) is 45.3 Å². The Morgan fingerprint density at radius 2 is 1.03 bits per heavy atom. The molecule has 6 nitrogen and oxygen atoms in total. The first-order valence-corrected chi connectivity index (χ1v) is 10.3. The van der Waals surface area contributed by atoms with Gasteiger partial charge in [0.25, 0.3) is 0 Å². The highest BCUT2D eigenvalue weighted by molar-refractivity contribution is 8.04. The topological polar surface area (TPSA) is 119 Å². The van der Waals surface area contributed by atoms with Crippen LogP contribution in [-0.2, 0) is 0 Å². The summed E-state index contributed by atoms with van der Waals surface area (Å²) >= 11 is 2.76. The lowest BCUT2D eigenvalue weighted by molar-refractivity contribution is 1.43. The Kier molecular flexibility index (Phi) is 4.05. The van der Waals surface area contributed by atoms with Gasteiger partial charge < -0.3 is 10.6 Å². The number of hydrogen-bond donors (Lipinski definition) is 2. The van der Waals surface area contributed by atoms with E-state index in [1.165, 1.54) is 23.5 Å². The zero-order chi connectivity index (χ0) is 20.8. The summed E-state index contributed by atoms with van der Waals surface area (Å²) in [5, 5.41) is 48.2. The van der Waals surface area contributed by atoms with Crippen molar-refractivity contribution in [2.75, 3.05) is 10.6 Å². The Morgan fingerprint density at radius 3 is 1.40 bits per heavy atom. The third-order valence-electron chi connectivity index (χ3n) is 4.86. The van der Waals surface area contributed by atoms with Gasteiger partial charge in [0.2, 0.25) is 0 Å². The maximum absolute atomic E-state index is 9.15. The van der Waals surface area contributed by atoms with Crippen LogP contribution in [0.3, 0.4) is 0 Å². The molecule has 0 bridgehead atoms. The van der Waals surface area contributed by atoms with Crippen molar-refractivity contribution < 1.29 is 0 Å². The molecule has 0 unspecified atom stereocenters. The molecule has 0 aliphatic carbocycles. The number of fused-ring (bicyclic) bond motifs is 5. The molecular weight excluding hydrogens is 412 g/mol. The van der Waals surface area contributed by atoms with Crippen molar-refractivity contribution in [1.29, 1.82) is 21.0 Å². The standard InChI is InChI=1S/C22H8N6S2/c23-7-13(8-24)21-27-17-3-11-1-2-12-4-18-20(30-22(28-18)14(9-25)10-26)6-16(12)15(11)5-19(17)29-21/h1-6,27-28H. The van der Waals surface area contributed by atoms with Gasteiger partial charge in [0.1, 0.15) is 34.3 Å². The molecule has 138 valence electrons. The van der Waals surface area contributed by atoms with E-state index in [0.29, 0.717) is 10.1 Å². The first-order chi connectivity index (χ1) is 14.6. The number of benzene rings is 3. The normalized spacial score (nSPS) is 13.3. The second-order valence-electron chi connectivity index (χ2n) is 6.51. The van der Waals surface area contributed by atoms with Crippen molar-refractivity contribution >= 4 is 56.4 Å². The van der Waals surface area contributed by atoms with E-state index in [4.69, 9.17) is 21.0 Å². The summed E-state index contributed by atoms with van der Waals surface area (Å²) in [5.74, 6) is 0. The lowest BCUT2D eigenvalue weighted by Gasteiger charge is -2.08. The van der Waals surface area contributed by atoms with E-state index in [0.717, 1.165) is 42.7 Å². The number of thioether (sulfide) groups is 2. The van der Waals surface area contributed by atoms with Crippen molar-refractivity contribution in [3.8, 4) is 24.3 Å². The number of hydrogen-bond acceptors (Lipinski definition) is 8. The molecule has 8 heteroatoms. The smallest absolute Gasteiger partial charge is 0.160 e. The van der Waals surface area contributed by atoms with Gasteiger partial charge in [-0.15, -0.1) is 0 Å². The minimum Gasteiger partial charge on any atom is -0.347 e. The largest absolute Gasteiger partial charge is 0.347 e. The van der Waals surface area contributed by atoms with Crippen LogP contribution in [0.2, 0.25) is 0 Å². The van der Waals surface area contributed by atoms with Gasteiger partial charge >= 0.3 is 0 Å². The summed E-state index contributed by atoms with van der Waals surface area (Å²) in [6, 6.07) is 19.9. The molecule has 5 rings (SSSR count). The van der Waals surface area contributed by atoms with Crippen LogP contribution in [0.1, 0.15) is 0 Å². The average molecular weight is 420 g/mol. The molecular formula is C22H8N6S2. The first kappa shape index (κ1) is 18.0. The van der Waals surface area contributed by atoms with Crippen molar-refractivity contribution in [2.45, 2.75) is 9.79 Å². The SMILES string of the molecule is N#CC(C#N)=C1Nc2cc3ccc4cc5c(cc4c3cc2S1)SC(=C(C#N)C#N)N5. The number of nitrogens with zero attached hydrogens (tertiary/aromatic N) is 4. The fourth-order valence-electron chi connectivity index (χ4n) is 3.47. The van der Waals surface area contributed by atoms with E-state index >= 15 is 0 Å². The van der Waals surface area contributed by atoms with Crippen molar-refractivity contribution in [3.63, 3.8) is 0 Å². The Hall–Kier alpha value is -4.08. The Balaban J connectivity index is 1.67. The van der Waals surface area contributed by atoms with Crippen LogP contribution in [0.15, 0.2) is 67.4 Å². The monoisotopic (exact) mass is 420 g/mol. The number of nitrogens with one attached hydrogen (secondary N) is 2. The van der Waals surface area contributed by atoms with Gasteiger partial charge in [-0.25, -0.2) is 0 Å². The second kappa shape index (κ2) is 6.76. The van der Waals surface area contributed by atoms with Gasteiger partial charge in [-0.05, 0) is 45.8 Å². The molecule has 2 aliphatic rings. The van der Waals surface area contributed by atoms with Gasteiger partial charge in [-0.3, -0.25) is 0 Å². The number of nitriles is 4. The highest BCUT2D eigenvalue weighted by Crippen LogP contribution is 2.48. The minimum absolute atomic E-state index is 0.0653. The molecule has 30 heavy (non-hydrogen) atoms. The van der Waals surface area contributed by atoms with Crippen LogP contribution in [0.25, 0.3) is 21.5 Å². The van der Waals surface area contributed by atoms with E-state index in [9.17, 15) is 0 Å². The predicted octanol–water partition coefficient (Wildman–Crippen LogP) is 5.55. The van der Waals surface area contributed by atoms with E-state index < -0.39 is 0 Å². The van der Waals surface area contributed by atoms with Crippen molar-refractivity contribution in [2.24, 2.45) is 0 Å². The molecule has 2 heterocycles. The third kappa shape index (κ3) is 2.65. The summed E-state index contributed by atoms with van der Waals surface area (Å²) in [6.07, 6.45) is 0. The zero-order valence-corrected chi connectivity index (χ0v) is 16.7. The van der Waals surface area contributed by atoms with Gasteiger partial charge in [-0.1, -0.05) is 35.7 Å². The van der Waals surface area contributed by atoms with Crippen LogP contribution in [0.4, 0.5) is 11.4 Å². The molecule has 0 saturated carbocycles. The molecule has 0 atom stereocenters. The highest BCUT2D eigenvalue weighted by atomic mass is 32.2. The summed E-state index contributed by atoms with van der Waals surface area (Å²) in [5.41, 5.74) is 1.88. The molecule has 0 radical (unpaired) electrons. The van der Waals surface area contributed by atoms with Gasteiger partial charge in [0.05, 0.1) is 11.4 Å². The average Bonchev–Trinajstić information content (AvgIpc) is 3.35. The van der Waals surface area contributed by atoms with E-state index in [2.05, 4.69) is 22.8 Å². The van der Waals surface area contributed by atoms with Gasteiger partial charge in [-0.2, -0.15) is 21.0 Å². The number of allylic oxidation sites excluding steroid dienone is 2. The van der Waals surface area contributed by atoms with Crippen LogP contribution in [-0.4, -0.2) is 0 Å². The Morgan fingerprint density at radius 1 is 0.633 bits per heavy atom. The molecule has 0 saturated heterocycles. The summed E-state index contributed by atoms with van der Waals surface area (Å²) in [6.45, 7) is 0. The fraction of sp³-hybridized carbons (Fsp3) is 0. The zero-order valence-electron chi connectivity index (χ0n) is 15.1. The minimum atomic E-state index is 0.0653. The van der Waals surface area contributed by atoms with Crippen LogP contribution >= 0.6 is 23.5 Å². The molecule has 0 aromatic heterocycles. The predicted molar refractivity (Wildman–Crippen MR) is 117 cm³/mol. The lowest BCUT2D eigenvalue weighted by atomic mass is 10.0. The molecule has 3 aromatic carbocycles. The Bertz CT molecular complexity index is 1390. The van der Waals surface area contributed by atoms with Crippen LogP contribution in [0.5, 0.6) is 0 Å². The molecule has 0 amide bonds. The lowest BCUT2D eigenvalue weighted by Crippen LogP contribution is -1.92. The number of anilines is 2. The molecule has 2 aliphatic heterocycles. The van der Waals surface area contributed by atoms with Gasteiger partial charge in [0, 0.05) is 9.79 Å². The quantitative estimate of drug-likeness (QED) is 0.359. The summed E-state index contributed by atoms with van der Waals surface area (Å²) < 4.78 is 0. The molecule has 0 fully saturated rings. The number of rotatable bonds is 0. The fourth-order valence-corrected chi connectivity index (χ4v) is 5.42. The van der Waals surface area contributed by atoms with E-state index in [-0.39, 0.29) is 11.1 Å². The van der Waals surface area contributed by atoms with Crippen molar-refractivity contribution in [1.82, 2.24) is 0 Å². The van der Waals surface area contributed by atoms with Gasteiger partial charge in [0.15, 0.2) is 11.1 Å². The Labute approximate surface area is 179 Å². The first-order valence-electron chi connectivity index (χ1n) is 8.68. The highest BCUT2D eigenvalue weighted by Gasteiger charge is 2.23. The van der Waals surface area contributed by atoms with Crippen LogP contribution < -0.4 is 10.6 Å². The second-order valence-corrected chi connectivity index (χ2v) is 8.62. The molecule has 2 N–H and O–H groups in total. The molecule has 3 aromatic rings. The van der Waals surface area contributed by atoms with E-state index in [1.54, 1.807) is 0 Å². The summed E-state index contributed by atoms with van der Waals surface area (Å²) in [4.78, 5) is 1.91. The van der Waals surface area contributed by atoms with E-state index in [1.807, 2.05) is 48.5 Å². The summed E-state index contributed by atoms with van der Waals surface area (Å²) in [7, 11) is 0. The third-order valence-corrected chi connectivity index (χ3v) is 6.99. The van der Waals surface area contributed by atoms with Crippen molar-refractivity contribution in [3.05, 3.63) is 57.6 Å².